The van der Waals surface area contributed by atoms with Gasteiger partial charge in [-0.1, -0.05) is 18.2 Å². The summed E-state index contributed by atoms with van der Waals surface area (Å²) in [5.41, 5.74) is 0. The van der Waals surface area contributed by atoms with Gasteiger partial charge < -0.3 is 5.32 Å². The molecule has 0 unspecified atom stereocenters. The van der Waals surface area contributed by atoms with Gasteiger partial charge in [-0.05, 0) is 25.0 Å². The summed E-state index contributed by atoms with van der Waals surface area (Å²) >= 11 is 7.30. The van der Waals surface area contributed by atoms with E-state index < -0.39 is 0 Å². The number of halogens is 1. The zero-order valence-corrected chi connectivity index (χ0v) is 11.4. The summed E-state index contributed by atoms with van der Waals surface area (Å²) in [4.78, 5) is 12.6. The molecule has 0 aliphatic carbocycles. The Hall–Kier alpha value is -0.670. The van der Waals surface area contributed by atoms with E-state index in [4.69, 9.17) is 11.6 Å². The molecule has 0 saturated heterocycles. The van der Waals surface area contributed by atoms with E-state index >= 15 is 0 Å². The number of carbonyl (C=O) groups is 1. The van der Waals surface area contributed by atoms with Gasteiger partial charge in [0.05, 0.1) is 0 Å². The van der Waals surface area contributed by atoms with Gasteiger partial charge in [0.15, 0.2) is 0 Å². The molecule has 0 saturated carbocycles. The molecular weight excluding hydrogens is 254 g/mol. The Morgan fingerprint density at radius 1 is 1.24 bits per heavy atom. The number of thioether (sulfide) groups is 1. The van der Waals surface area contributed by atoms with Crippen LogP contribution in [0, 0.1) is 0 Å². The van der Waals surface area contributed by atoms with Gasteiger partial charge in [0.2, 0.25) is 5.91 Å². The Morgan fingerprint density at radius 3 is 2.71 bits per heavy atom. The lowest BCUT2D eigenvalue weighted by atomic mass is 10.2. The summed E-state index contributed by atoms with van der Waals surface area (Å²) in [6.45, 7) is 0.721. The summed E-state index contributed by atoms with van der Waals surface area (Å²) < 4.78 is 0. The lowest BCUT2D eigenvalue weighted by Crippen LogP contribution is -2.25. The van der Waals surface area contributed by atoms with E-state index in [1.54, 1.807) is 11.8 Å². The van der Waals surface area contributed by atoms with Gasteiger partial charge in [0, 0.05) is 29.5 Å². The third-order valence-corrected chi connectivity index (χ3v) is 3.50. The zero-order valence-electron chi connectivity index (χ0n) is 9.82. The number of alkyl halides is 1. The number of benzene rings is 1. The van der Waals surface area contributed by atoms with Gasteiger partial charge in [-0.25, -0.2) is 0 Å². The molecule has 0 spiro atoms. The molecule has 0 bridgehead atoms. The molecule has 0 heterocycles. The quantitative estimate of drug-likeness (QED) is 0.447. The minimum absolute atomic E-state index is 0.128. The van der Waals surface area contributed by atoms with Gasteiger partial charge in [-0.15, -0.1) is 23.4 Å². The average Bonchev–Trinajstić information content (AvgIpc) is 2.36. The van der Waals surface area contributed by atoms with Gasteiger partial charge >= 0.3 is 0 Å². The number of unbranched alkanes of at least 4 members (excludes halogenated alkanes) is 1. The average molecular weight is 272 g/mol. The van der Waals surface area contributed by atoms with Crippen LogP contribution in [0.4, 0.5) is 0 Å². The van der Waals surface area contributed by atoms with Crippen LogP contribution in [0.2, 0.25) is 0 Å². The summed E-state index contributed by atoms with van der Waals surface area (Å²) in [5.74, 6) is 1.67. The molecule has 94 valence electrons. The smallest absolute Gasteiger partial charge is 0.220 e. The fourth-order valence-corrected chi connectivity index (χ4v) is 2.32. The topological polar surface area (TPSA) is 29.1 Å². The van der Waals surface area contributed by atoms with Crippen LogP contribution in [0.25, 0.3) is 0 Å². The fraction of sp³-hybridized carbons (Fsp3) is 0.462. The van der Waals surface area contributed by atoms with Gasteiger partial charge in [-0.2, -0.15) is 0 Å². The van der Waals surface area contributed by atoms with Crippen molar-refractivity contribution in [3.8, 4) is 0 Å². The Kier molecular flexibility index (Phi) is 7.93. The first kappa shape index (κ1) is 14.4. The van der Waals surface area contributed by atoms with E-state index in [1.807, 2.05) is 18.2 Å². The number of carbonyl (C=O) groups excluding carboxylic acids is 1. The summed E-state index contributed by atoms with van der Waals surface area (Å²) in [6.07, 6.45) is 2.37. The van der Waals surface area contributed by atoms with E-state index in [9.17, 15) is 4.79 Å². The molecule has 0 fully saturated rings. The molecule has 0 aromatic heterocycles. The van der Waals surface area contributed by atoms with Crippen molar-refractivity contribution in [2.75, 3.05) is 18.2 Å². The first-order valence-electron chi connectivity index (χ1n) is 5.83. The van der Waals surface area contributed by atoms with Crippen LogP contribution in [-0.4, -0.2) is 24.1 Å². The molecule has 17 heavy (non-hydrogen) atoms. The van der Waals surface area contributed by atoms with Crippen molar-refractivity contribution >= 4 is 29.3 Å². The van der Waals surface area contributed by atoms with E-state index in [0.29, 0.717) is 12.3 Å². The summed E-state index contributed by atoms with van der Waals surface area (Å²) in [7, 11) is 0. The normalized spacial score (nSPS) is 10.2. The minimum atomic E-state index is 0.128. The Balaban J connectivity index is 2.02. The monoisotopic (exact) mass is 271 g/mol. The minimum Gasteiger partial charge on any atom is -0.355 e. The van der Waals surface area contributed by atoms with Crippen molar-refractivity contribution in [3.63, 3.8) is 0 Å². The molecule has 0 aliphatic heterocycles. The highest BCUT2D eigenvalue weighted by Crippen LogP contribution is 2.15. The number of rotatable bonds is 8. The van der Waals surface area contributed by atoms with E-state index in [-0.39, 0.29) is 5.91 Å². The van der Waals surface area contributed by atoms with E-state index in [1.165, 1.54) is 4.90 Å². The predicted molar refractivity (Wildman–Crippen MR) is 74.7 cm³/mol. The molecule has 1 N–H and O–H groups in total. The second kappa shape index (κ2) is 9.37. The van der Waals surface area contributed by atoms with Crippen LogP contribution >= 0.6 is 23.4 Å². The van der Waals surface area contributed by atoms with Gasteiger partial charge in [-0.3, -0.25) is 4.79 Å². The summed E-state index contributed by atoms with van der Waals surface area (Å²) in [5, 5.41) is 2.91. The first-order chi connectivity index (χ1) is 8.33. The Bertz CT molecular complexity index is 318. The molecule has 1 amide bonds. The molecule has 1 aromatic carbocycles. The standard InChI is InChI=1S/C13H18ClNOS/c14-9-5-4-8-13(16)15-10-11-17-12-6-2-1-3-7-12/h1-3,6-7H,4-5,8-11H2,(H,15,16). The van der Waals surface area contributed by atoms with Crippen molar-refractivity contribution in [1.29, 1.82) is 0 Å². The molecule has 0 radical (unpaired) electrons. The Labute approximate surface area is 112 Å². The molecule has 0 aliphatic rings. The molecule has 1 rings (SSSR count). The maximum Gasteiger partial charge on any atom is 0.220 e. The van der Waals surface area contributed by atoms with Crippen molar-refractivity contribution < 1.29 is 4.79 Å². The van der Waals surface area contributed by atoms with E-state index in [0.717, 1.165) is 25.1 Å². The van der Waals surface area contributed by atoms with Gasteiger partial charge in [0.1, 0.15) is 0 Å². The van der Waals surface area contributed by atoms with Crippen LogP contribution in [0.5, 0.6) is 0 Å². The lowest BCUT2D eigenvalue weighted by molar-refractivity contribution is -0.121. The van der Waals surface area contributed by atoms with E-state index in [2.05, 4.69) is 17.4 Å². The third-order valence-electron chi connectivity index (χ3n) is 2.22. The molecule has 0 atom stereocenters. The van der Waals surface area contributed by atoms with Crippen LogP contribution in [0.15, 0.2) is 35.2 Å². The van der Waals surface area contributed by atoms with Crippen molar-refractivity contribution in [1.82, 2.24) is 5.32 Å². The van der Waals surface area contributed by atoms with Crippen molar-refractivity contribution in [3.05, 3.63) is 30.3 Å². The fourth-order valence-electron chi connectivity index (χ4n) is 1.34. The first-order valence-corrected chi connectivity index (χ1v) is 7.35. The third kappa shape index (κ3) is 7.29. The van der Waals surface area contributed by atoms with Crippen molar-refractivity contribution in [2.45, 2.75) is 24.2 Å². The van der Waals surface area contributed by atoms with Crippen LogP contribution in [-0.2, 0) is 4.79 Å². The molecule has 1 aromatic rings. The lowest BCUT2D eigenvalue weighted by Gasteiger charge is -2.04. The van der Waals surface area contributed by atoms with Crippen molar-refractivity contribution in [2.24, 2.45) is 0 Å². The highest BCUT2D eigenvalue weighted by molar-refractivity contribution is 7.99. The Morgan fingerprint density at radius 2 is 2.00 bits per heavy atom. The van der Waals surface area contributed by atoms with Gasteiger partial charge in [0.25, 0.3) is 0 Å². The largest absolute Gasteiger partial charge is 0.355 e. The highest BCUT2D eigenvalue weighted by Gasteiger charge is 2.00. The van der Waals surface area contributed by atoms with Crippen LogP contribution in [0.1, 0.15) is 19.3 Å². The predicted octanol–water partition coefficient (Wildman–Crippen LogP) is 3.30. The second-order valence-electron chi connectivity index (χ2n) is 3.66. The van der Waals surface area contributed by atoms with Crippen LogP contribution < -0.4 is 5.32 Å². The molecule has 2 nitrogen and oxygen atoms in total. The molecular formula is C13H18ClNOS. The zero-order chi connectivity index (χ0) is 12.3. The maximum atomic E-state index is 11.4. The highest BCUT2D eigenvalue weighted by atomic mass is 35.5. The van der Waals surface area contributed by atoms with Crippen LogP contribution in [0.3, 0.4) is 0 Å². The summed E-state index contributed by atoms with van der Waals surface area (Å²) in [6, 6.07) is 10.2. The number of amides is 1. The maximum absolute atomic E-state index is 11.4. The number of nitrogens with one attached hydrogen (secondary N) is 1. The SMILES string of the molecule is O=C(CCCCCl)NCCSc1ccccc1. The second-order valence-corrected chi connectivity index (χ2v) is 5.20. The molecule has 4 heteroatoms. The number of hydrogen-bond acceptors (Lipinski definition) is 2. The number of hydrogen-bond donors (Lipinski definition) is 1.